The third-order valence-corrected chi connectivity index (χ3v) is 9.40. The summed E-state index contributed by atoms with van der Waals surface area (Å²) in [5.41, 5.74) is 4.94. The Bertz CT molecular complexity index is 1100. The maximum atomic E-state index is 12.4. The van der Waals surface area contributed by atoms with Gasteiger partial charge in [0.15, 0.2) is 0 Å². The van der Waals surface area contributed by atoms with Gasteiger partial charge in [0.2, 0.25) is 35.4 Å². The topological polar surface area (TPSA) is 189 Å². The van der Waals surface area contributed by atoms with Crippen molar-refractivity contribution in [3.8, 4) is 0 Å². The quantitative estimate of drug-likeness (QED) is 0.0351. The number of amides is 6. The zero-order valence-corrected chi connectivity index (χ0v) is 33.0. The van der Waals surface area contributed by atoms with Crippen molar-refractivity contribution in [2.24, 2.45) is 17.6 Å². The van der Waals surface area contributed by atoms with Crippen LogP contribution in [0.25, 0.3) is 0 Å². The second-order valence-electron chi connectivity index (χ2n) is 15.0. The molecule has 1 aliphatic rings. The van der Waals surface area contributed by atoms with Gasteiger partial charge in [0.1, 0.15) is 12.8 Å². The lowest BCUT2D eigenvalue weighted by atomic mass is 9.94. The van der Waals surface area contributed by atoms with Gasteiger partial charge >= 0.3 is 0 Å². The van der Waals surface area contributed by atoms with Crippen LogP contribution in [0.2, 0.25) is 0 Å². The van der Waals surface area contributed by atoms with Gasteiger partial charge in [0.05, 0.1) is 18.6 Å². The maximum absolute atomic E-state index is 12.4. The number of hydroxylamine groups is 2. The molecule has 0 aliphatic carbocycles. The molecule has 1 saturated heterocycles. The first-order chi connectivity index (χ1) is 24.7. The first kappa shape index (κ1) is 46.9. The van der Waals surface area contributed by atoms with Crippen LogP contribution in [0, 0.1) is 11.8 Å². The fourth-order valence-electron chi connectivity index (χ4n) is 5.88. The largest absolute Gasteiger partial charge is 0.368 e. The molecule has 0 aromatic carbocycles. The number of unbranched alkanes of at least 4 members (excludes halogenated alkanes) is 9. The van der Waals surface area contributed by atoms with Gasteiger partial charge in [0, 0.05) is 51.9 Å². The first-order valence-electron chi connectivity index (χ1n) is 19.6. The number of likely N-dealkylation sites (tertiary alicyclic amines) is 1. The second kappa shape index (κ2) is 26.6. The number of nitrogens with one attached hydrogen (secondary N) is 3. The van der Waals surface area contributed by atoms with Gasteiger partial charge in [-0.25, -0.2) is 0 Å². The zero-order valence-electron chi connectivity index (χ0n) is 33.0. The fourth-order valence-corrected chi connectivity index (χ4v) is 5.88. The van der Waals surface area contributed by atoms with Gasteiger partial charge in [-0.15, -0.1) is 0 Å². The summed E-state index contributed by atoms with van der Waals surface area (Å²) in [6, 6.07) is -0.708. The van der Waals surface area contributed by atoms with Crippen LogP contribution in [0.4, 0.5) is 0 Å². The molecule has 0 spiro atoms. The number of imide groups is 1. The maximum Gasteiger partial charge on any atom is 0.239 e. The van der Waals surface area contributed by atoms with Crippen LogP contribution in [0.5, 0.6) is 0 Å². The van der Waals surface area contributed by atoms with Crippen molar-refractivity contribution in [2.75, 3.05) is 40.0 Å². The number of hydrogen-bond acceptors (Lipinski definition) is 9. The third-order valence-electron chi connectivity index (χ3n) is 9.40. The molecule has 0 aromatic rings. The predicted molar refractivity (Wildman–Crippen MR) is 200 cm³/mol. The molecule has 300 valence electrons. The van der Waals surface area contributed by atoms with Gasteiger partial charge < -0.3 is 26.4 Å². The summed E-state index contributed by atoms with van der Waals surface area (Å²) in [5.74, 6) is -1.73. The number of carbonyl (C=O) groups is 6. The standard InChI is InChI=1S/C38H70N6O8/c1-7-8-9-10-11-12-13-14-15-19-34(47)42-31(36(39)49)18-16-17-23-40-33(46)21-26-52-43(6)28-51-38(4,5)22-24-41-32(45)20-25-44-35(48)27-30(29(2)3)37(44)50/h29-31H,7-28H2,1-6H3,(H2,39,49)(H,40,46)(H,41,45)(H,42,47). The average Bonchev–Trinajstić information content (AvgIpc) is 3.37. The zero-order chi connectivity index (χ0) is 38.9. The minimum absolute atomic E-state index is 0.0582. The first-order valence-corrected chi connectivity index (χ1v) is 19.6. The monoisotopic (exact) mass is 739 g/mol. The summed E-state index contributed by atoms with van der Waals surface area (Å²) in [4.78, 5) is 80.1. The molecule has 0 aromatic heterocycles. The molecule has 2 unspecified atom stereocenters. The Balaban J connectivity index is 2.12. The van der Waals surface area contributed by atoms with Crippen LogP contribution >= 0.6 is 0 Å². The van der Waals surface area contributed by atoms with Crippen LogP contribution in [0.1, 0.15) is 144 Å². The van der Waals surface area contributed by atoms with E-state index in [1.807, 2.05) is 27.7 Å². The molecule has 5 N–H and O–H groups in total. The van der Waals surface area contributed by atoms with E-state index >= 15 is 0 Å². The van der Waals surface area contributed by atoms with Crippen LogP contribution in [-0.4, -0.2) is 97.1 Å². The van der Waals surface area contributed by atoms with E-state index in [1.165, 1.54) is 48.5 Å². The molecule has 2 atom stereocenters. The number of ether oxygens (including phenoxy) is 1. The summed E-state index contributed by atoms with van der Waals surface area (Å²) < 4.78 is 5.93. The molecular formula is C38H70N6O8. The lowest BCUT2D eigenvalue weighted by Gasteiger charge is -2.28. The highest BCUT2D eigenvalue weighted by molar-refractivity contribution is 6.03. The molecule has 0 bridgehead atoms. The number of rotatable bonds is 31. The molecular weight excluding hydrogens is 668 g/mol. The van der Waals surface area contributed by atoms with Crippen LogP contribution in [0.3, 0.4) is 0 Å². The van der Waals surface area contributed by atoms with Crippen molar-refractivity contribution in [1.82, 2.24) is 25.9 Å². The lowest BCUT2D eigenvalue weighted by molar-refractivity contribution is -0.216. The van der Waals surface area contributed by atoms with E-state index < -0.39 is 17.6 Å². The number of nitrogens with two attached hydrogens (primary N) is 1. The highest BCUT2D eigenvalue weighted by Crippen LogP contribution is 2.26. The minimum Gasteiger partial charge on any atom is -0.368 e. The molecule has 1 rings (SSSR count). The average molecular weight is 739 g/mol. The Morgan fingerprint density at radius 2 is 1.48 bits per heavy atom. The van der Waals surface area contributed by atoms with Crippen molar-refractivity contribution >= 4 is 35.4 Å². The number of hydrogen-bond donors (Lipinski definition) is 4. The molecule has 14 nitrogen and oxygen atoms in total. The summed E-state index contributed by atoms with van der Waals surface area (Å²) in [5, 5.41) is 9.93. The summed E-state index contributed by atoms with van der Waals surface area (Å²) in [6.45, 7) is 11.0. The highest BCUT2D eigenvalue weighted by atomic mass is 16.7. The Morgan fingerprint density at radius 3 is 2.10 bits per heavy atom. The molecule has 0 radical (unpaired) electrons. The number of nitrogens with zero attached hydrogens (tertiary/aromatic N) is 2. The Hall–Kier alpha value is -3.10. The summed E-state index contributed by atoms with van der Waals surface area (Å²) in [6.07, 6.45) is 13.6. The Labute approximate surface area is 312 Å². The van der Waals surface area contributed by atoms with E-state index in [-0.39, 0.29) is 80.5 Å². The normalized spacial score (nSPS) is 15.4. The van der Waals surface area contributed by atoms with Gasteiger partial charge in [-0.1, -0.05) is 72.1 Å². The van der Waals surface area contributed by atoms with E-state index in [0.717, 1.165) is 19.3 Å². The Morgan fingerprint density at radius 1 is 0.865 bits per heavy atom. The smallest absolute Gasteiger partial charge is 0.239 e. The van der Waals surface area contributed by atoms with Crippen LogP contribution in [0.15, 0.2) is 0 Å². The van der Waals surface area contributed by atoms with E-state index in [4.69, 9.17) is 15.3 Å². The molecule has 52 heavy (non-hydrogen) atoms. The van der Waals surface area contributed by atoms with Crippen molar-refractivity contribution in [3.63, 3.8) is 0 Å². The molecule has 1 fully saturated rings. The second-order valence-corrected chi connectivity index (χ2v) is 15.0. The molecule has 6 amide bonds. The Kier molecular flexibility index (Phi) is 24.0. The fraction of sp³-hybridized carbons (Fsp3) is 0.842. The van der Waals surface area contributed by atoms with Crippen molar-refractivity contribution in [1.29, 1.82) is 0 Å². The van der Waals surface area contributed by atoms with Crippen molar-refractivity contribution < 1.29 is 38.3 Å². The third kappa shape index (κ3) is 21.4. The summed E-state index contributed by atoms with van der Waals surface area (Å²) in [7, 11) is 1.70. The molecule has 14 heteroatoms. The van der Waals surface area contributed by atoms with Gasteiger partial charge in [-0.2, -0.15) is 5.06 Å². The van der Waals surface area contributed by atoms with Gasteiger partial charge in [-0.3, -0.25) is 38.5 Å². The molecule has 1 heterocycles. The molecule has 0 saturated carbocycles. The van der Waals surface area contributed by atoms with E-state index in [2.05, 4.69) is 22.9 Å². The lowest BCUT2D eigenvalue weighted by Crippen LogP contribution is -2.44. The minimum atomic E-state index is -0.708. The van der Waals surface area contributed by atoms with E-state index in [9.17, 15) is 28.8 Å². The van der Waals surface area contributed by atoms with Crippen LogP contribution < -0.4 is 21.7 Å². The summed E-state index contributed by atoms with van der Waals surface area (Å²) >= 11 is 0. The van der Waals surface area contributed by atoms with Crippen molar-refractivity contribution in [2.45, 2.75) is 155 Å². The SMILES string of the molecule is CCCCCCCCCCCC(=O)NC(CCCCNC(=O)CCON(C)COC(C)(C)CCNC(=O)CCN1C(=O)CC(C(C)C)C1=O)C(N)=O. The van der Waals surface area contributed by atoms with E-state index in [0.29, 0.717) is 45.2 Å². The number of primary amides is 1. The van der Waals surface area contributed by atoms with Crippen LogP contribution in [-0.2, 0) is 38.3 Å². The van der Waals surface area contributed by atoms with Gasteiger partial charge in [0.25, 0.3) is 0 Å². The van der Waals surface area contributed by atoms with Crippen molar-refractivity contribution in [3.05, 3.63) is 0 Å². The predicted octanol–water partition coefficient (Wildman–Crippen LogP) is 4.10. The van der Waals surface area contributed by atoms with E-state index in [1.54, 1.807) is 7.05 Å². The molecule has 1 aliphatic heterocycles. The highest BCUT2D eigenvalue weighted by Gasteiger charge is 2.39. The number of carbonyl (C=O) groups excluding carboxylic acids is 6. The van der Waals surface area contributed by atoms with Gasteiger partial charge in [-0.05, 0) is 51.9 Å².